The first kappa shape index (κ1) is 8.77. The molecule has 0 spiro atoms. The summed E-state index contributed by atoms with van der Waals surface area (Å²) in [6, 6.07) is 0. The van der Waals surface area contributed by atoms with E-state index in [0.29, 0.717) is 5.76 Å². The topological polar surface area (TPSA) is 102 Å². The van der Waals surface area contributed by atoms with Gasteiger partial charge in [-0.05, 0) is 12.1 Å². The third kappa shape index (κ3) is 1.13. The predicted octanol–water partition coefficient (Wildman–Crippen LogP) is -0.224. The summed E-state index contributed by atoms with van der Waals surface area (Å²) < 4.78 is 6.52. The van der Waals surface area contributed by atoms with Crippen molar-refractivity contribution in [3.05, 3.63) is 28.5 Å². The van der Waals surface area contributed by atoms with Crippen molar-refractivity contribution in [3.63, 3.8) is 0 Å². The molecule has 16 heavy (non-hydrogen) atoms. The Hall–Kier alpha value is -2.51. The molecule has 3 heterocycles. The fourth-order valence-electron chi connectivity index (χ4n) is 1.42. The number of aromatic amines is 1. The molecule has 0 unspecified atom stereocenters. The lowest BCUT2D eigenvalue weighted by atomic mass is 10.3. The number of H-pyrrole nitrogens is 1. The quantitative estimate of drug-likeness (QED) is 0.605. The van der Waals surface area contributed by atoms with Crippen molar-refractivity contribution in [2.24, 2.45) is 0 Å². The van der Waals surface area contributed by atoms with Crippen molar-refractivity contribution in [2.75, 3.05) is 0 Å². The number of hydrogen-bond acceptors (Lipinski definition) is 6. The number of rotatable bonds is 1. The van der Waals surface area contributed by atoms with Crippen molar-refractivity contribution in [3.8, 4) is 11.4 Å². The van der Waals surface area contributed by atoms with E-state index in [1.807, 2.05) is 0 Å². The molecule has 0 atom stereocenters. The van der Waals surface area contributed by atoms with Gasteiger partial charge in [0.25, 0.3) is 5.56 Å². The summed E-state index contributed by atoms with van der Waals surface area (Å²) in [4.78, 5) is 16.0. The number of aromatic nitrogens is 6. The fourth-order valence-corrected chi connectivity index (χ4v) is 1.42. The lowest BCUT2D eigenvalue weighted by Crippen LogP contribution is -2.15. The van der Waals surface area contributed by atoms with E-state index in [-0.39, 0.29) is 22.8 Å². The minimum atomic E-state index is -0.289. The number of hydrogen-bond donors (Lipinski definition) is 1. The van der Waals surface area contributed by atoms with Crippen LogP contribution in [0.1, 0.15) is 5.76 Å². The summed E-state index contributed by atoms with van der Waals surface area (Å²) in [6.07, 6.45) is 2.93. The summed E-state index contributed by atoms with van der Waals surface area (Å²) >= 11 is 0. The summed E-state index contributed by atoms with van der Waals surface area (Å²) in [5, 5.41) is 13.1. The number of aryl methyl sites for hydroxylation is 1. The molecule has 0 amide bonds. The molecule has 0 saturated heterocycles. The molecular weight excluding hydrogens is 212 g/mol. The first-order valence-corrected chi connectivity index (χ1v) is 4.47. The van der Waals surface area contributed by atoms with Crippen LogP contribution in [-0.4, -0.2) is 30.0 Å². The zero-order valence-electron chi connectivity index (χ0n) is 8.21. The van der Waals surface area contributed by atoms with Crippen molar-refractivity contribution in [2.45, 2.75) is 6.92 Å². The lowest BCUT2D eigenvalue weighted by Gasteiger charge is -1.93. The van der Waals surface area contributed by atoms with E-state index in [0.717, 1.165) is 0 Å². The van der Waals surface area contributed by atoms with Crippen LogP contribution in [0.4, 0.5) is 0 Å². The molecule has 0 fully saturated rings. The molecule has 0 aromatic carbocycles. The highest BCUT2D eigenvalue weighted by atomic mass is 16.4. The highest BCUT2D eigenvalue weighted by Gasteiger charge is 2.12. The number of nitrogens with zero attached hydrogens (tertiary/aromatic N) is 5. The molecule has 3 aromatic rings. The minimum Gasteiger partial charge on any atom is -0.428 e. The van der Waals surface area contributed by atoms with Crippen LogP contribution < -0.4 is 5.56 Å². The maximum absolute atomic E-state index is 12.0. The summed E-state index contributed by atoms with van der Waals surface area (Å²) in [7, 11) is 0. The van der Waals surface area contributed by atoms with Crippen molar-refractivity contribution in [1.82, 2.24) is 30.0 Å². The second kappa shape index (κ2) is 2.99. The molecule has 0 saturated carbocycles. The van der Waals surface area contributed by atoms with Crippen LogP contribution in [0.3, 0.4) is 0 Å². The van der Waals surface area contributed by atoms with Crippen molar-refractivity contribution < 1.29 is 4.42 Å². The Morgan fingerprint density at radius 2 is 2.38 bits per heavy atom. The lowest BCUT2D eigenvalue weighted by molar-refractivity contribution is 0.559. The van der Waals surface area contributed by atoms with Crippen molar-refractivity contribution in [1.29, 1.82) is 0 Å². The Morgan fingerprint density at radius 1 is 1.50 bits per heavy atom. The molecule has 8 nitrogen and oxygen atoms in total. The van der Waals surface area contributed by atoms with Crippen molar-refractivity contribution >= 4 is 5.84 Å². The first-order valence-electron chi connectivity index (χ1n) is 4.47. The molecule has 1 N–H and O–H groups in total. The zero-order valence-corrected chi connectivity index (χ0v) is 8.21. The number of nitrogens with one attached hydrogen (secondary N) is 1. The molecule has 0 aliphatic heterocycles. The van der Waals surface area contributed by atoms with E-state index in [2.05, 4.69) is 25.6 Å². The molecule has 0 aliphatic carbocycles. The monoisotopic (exact) mass is 218 g/mol. The van der Waals surface area contributed by atoms with E-state index >= 15 is 0 Å². The van der Waals surface area contributed by atoms with Crippen LogP contribution in [0, 0.1) is 6.92 Å². The van der Waals surface area contributed by atoms with Crippen LogP contribution in [0.2, 0.25) is 0 Å². The summed E-state index contributed by atoms with van der Waals surface area (Å²) in [6.45, 7) is 1.74. The van der Waals surface area contributed by atoms with Crippen LogP contribution in [0.5, 0.6) is 0 Å². The zero-order chi connectivity index (χ0) is 11.1. The van der Waals surface area contributed by atoms with Gasteiger partial charge < -0.3 is 4.42 Å². The van der Waals surface area contributed by atoms with E-state index in [1.54, 1.807) is 13.1 Å². The largest absolute Gasteiger partial charge is 0.428 e. The van der Waals surface area contributed by atoms with Gasteiger partial charge in [0.2, 0.25) is 5.82 Å². The average molecular weight is 218 g/mol. The highest BCUT2D eigenvalue weighted by molar-refractivity contribution is 5.52. The van der Waals surface area contributed by atoms with Gasteiger partial charge in [0.1, 0.15) is 11.3 Å². The van der Waals surface area contributed by atoms with Gasteiger partial charge in [-0.2, -0.15) is 5.21 Å². The maximum Gasteiger partial charge on any atom is 0.308 e. The number of fused-ring (bicyclic) bond motifs is 1. The second-order valence-electron chi connectivity index (χ2n) is 3.21. The van der Waals surface area contributed by atoms with Gasteiger partial charge >= 0.3 is 5.84 Å². The van der Waals surface area contributed by atoms with Crippen LogP contribution in [0.25, 0.3) is 17.2 Å². The third-order valence-corrected chi connectivity index (χ3v) is 2.11. The van der Waals surface area contributed by atoms with Crippen LogP contribution in [0.15, 0.2) is 21.6 Å². The van der Waals surface area contributed by atoms with Gasteiger partial charge in [0.05, 0.1) is 6.20 Å². The van der Waals surface area contributed by atoms with Crippen LogP contribution >= 0.6 is 0 Å². The van der Waals surface area contributed by atoms with Gasteiger partial charge in [-0.3, -0.25) is 4.79 Å². The molecule has 3 aromatic heterocycles. The fraction of sp³-hybridized carbons (Fsp3) is 0.125. The van der Waals surface area contributed by atoms with E-state index < -0.39 is 0 Å². The molecule has 80 valence electrons. The molecule has 8 heteroatoms. The number of tetrazole rings is 1. The van der Waals surface area contributed by atoms with Gasteiger partial charge in [-0.25, -0.2) is 9.38 Å². The Bertz CT molecular complexity index is 695. The first-order chi connectivity index (χ1) is 7.75. The molecule has 0 radical (unpaired) electrons. The SMILES string of the molecule is Cc1cn2c(=O)c(-c3nn[nH]n3)cnc2o1. The molecule has 0 aliphatic rings. The predicted molar refractivity (Wildman–Crippen MR) is 51.6 cm³/mol. The Kier molecular flexibility index (Phi) is 1.64. The molecule has 3 rings (SSSR count). The number of oxazole rings is 1. The summed E-state index contributed by atoms with van der Waals surface area (Å²) in [5.74, 6) is 1.07. The van der Waals surface area contributed by atoms with Crippen LogP contribution in [-0.2, 0) is 0 Å². The normalized spacial score (nSPS) is 11.1. The highest BCUT2D eigenvalue weighted by Crippen LogP contribution is 2.09. The van der Waals surface area contributed by atoms with E-state index in [4.69, 9.17) is 4.42 Å². The Morgan fingerprint density at radius 3 is 3.12 bits per heavy atom. The minimum absolute atomic E-state index is 0.214. The van der Waals surface area contributed by atoms with Gasteiger partial charge in [-0.15, -0.1) is 10.2 Å². The second-order valence-corrected chi connectivity index (χ2v) is 3.21. The van der Waals surface area contributed by atoms with Gasteiger partial charge in [0.15, 0.2) is 0 Å². The average Bonchev–Trinajstić information content (AvgIpc) is 2.86. The standard InChI is InChI=1S/C8H6N6O2/c1-4-3-14-7(15)5(2-9-8(14)16-4)6-10-12-13-11-6/h2-3H,1H3,(H,10,11,12,13). The maximum atomic E-state index is 12.0. The molecular formula is C8H6N6O2. The van der Waals surface area contributed by atoms with Gasteiger partial charge in [0, 0.05) is 6.20 Å². The Labute approximate surface area is 87.9 Å². The van der Waals surface area contributed by atoms with Gasteiger partial charge in [-0.1, -0.05) is 0 Å². The third-order valence-electron chi connectivity index (χ3n) is 2.11. The van der Waals surface area contributed by atoms with E-state index in [1.165, 1.54) is 10.6 Å². The van der Waals surface area contributed by atoms with E-state index in [9.17, 15) is 4.79 Å². The summed E-state index contributed by atoms with van der Waals surface area (Å²) in [5.41, 5.74) is -0.0182. The molecule has 0 bridgehead atoms. The Balaban J connectivity index is 2.36. The smallest absolute Gasteiger partial charge is 0.308 e.